The summed E-state index contributed by atoms with van der Waals surface area (Å²) in [5.74, 6) is -0.0656. The Morgan fingerprint density at radius 1 is 1.50 bits per heavy atom. The molecule has 1 aliphatic rings. The molecule has 4 nitrogen and oxygen atoms in total. The quantitative estimate of drug-likeness (QED) is 0.858. The summed E-state index contributed by atoms with van der Waals surface area (Å²) in [6.07, 6.45) is 2.85. The maximum absolute atomic E-state index is 12.4. The first-order valence-corrected chi connectivity index (χ1v) is 6.51. The first-order valence-electron chi connectivity index (χ1n) is 6.13. The molecule has 1 aromatic carbocycles. The third-order valence-corrected chi connectivity index (χ3v) is 3.36. The van der Waals surface area contributed by atoms with Crippen molar-refractivity contribution >= 4 is 17.5 Å². The van der Waals surface area contributed by atoms with Gasteiger partial charge in [-0.05, 0) is 44.0 Å². The fourth-order valence-corrected chi connectivity index (χ4v) is 2.13. The minimum Gasteiger partial charge on any atom is -0.508 e. The highest BCUT2D eigenvalue weighted by Gasteiger charge is 2.33. The number of carbonyl (C=O) groups excluding carboxylic acids is 1. The molecule has 0 heterocycles. The van der Waals surface area contributed by atoms with E-state index in [1.165, 1.54) is 18.2 Å². The second-order valence-corrected chi connectivity index (χ2v) is 4.94. The lowest BCUT2D eigenvalue weighted by atomic mass is 10.1. The topological polar surface area (TPSA) is 66.6 Å². The molecule has 98 valence electrons. The van der Waals surface area contributed by atoms with Crippen molar-refractivity contribution in [1.82, 2.24) is 4.90 Å². The number of nitrogens with two attached hydrogens (primary N) is 1. The van der Waals surface area contributed by atoms with E-state index in [-0.39, 0.29) is 11.7 Å². The Kier molecular flexibility index (Phi) is 4.09. The average Bonchev–Trinajstić information content (AvgIpc) is 3.17. The number of hydrogen-bond donors (Lipinski definition) is 2. The van der Waals surface area contributed by atoms with Gasteiger partial charge in [0.1, 0.15) is 5.75 Å². The summed E-state index contributed by atoms with van der Waals surface area (Å²) in [6.45, 7) is 1.20. The maximum atomic E-state index is 12.4. The van der Waals surface area contributed by atoms with Gasteiger partial charge >= 0.3 is 0 Å². The lowest BCUT2D eigenvalue weighted by Crippen LogP contribution is -2.35. The van der Waals surface area contributed by atoms with Gasteiger partial charge in [-0.3, -0.25) is 4.79 Å². The summed E-state index contributed by atoms with van der Waals surface area (Å²) in [5, 5.41) is 9.82. The van der Waals surface area contributed by atoms with Gasteiger partial charge in [0.25, 0.3) is 5.91 Å². The third-order valence-electron chi connectivity index (χ3n) is 3.03. The van der Waals surface area contributed by atoms with Crippen molar-refractivity contribution < 1.29 is 9.90 Å². The summed E-state index contributed by atoms with van der Waals surface area (Å²) >= 11 is 6.01. The lowest BCUT2D eigenvalue weighted by Gasteiger charge is -2.22. The second kappa shape index (κ2) is 5.59. The fourth-order valence-electron chi connectivity index (χ4n) is 1.93. The van der Waals surface area contributed by atoms with E-state index in [1.807, 2.05) is 4.90 Å². The molecule has 0 atom stereocenters. The lowest BCUT2D eigenvalue weighted by molar-refractivity contribution is 0.0742. The summed E-state index contributed by atoms with van der Waals surface area (Å²) < 4.78 is 0. The smallest absolute Gasteiger partial charge is 0.255 e. The highest BCUT2D eigenvalue weighted by molar-refractivity contribution is 6.33. The van der Waals surface area contributed by atoms with Crippen LogP contribution >= 0.6 is 11.6 Å². The molecule has 5 heteroatoms. The van der Waals surface area contributed by atoms with Crippen LogP contribution in [0.4, 0.5) is 0 Å². The molecular weight excluding hydrogens is 252 g/mol. The number of phenolic OH excluding ortho intramolecular Hbond substituents is 1. The first kappa shape index (κ1) is 13.2. The zero-order valence-corrected chi connectivity index (χ0v) is 10.9. The number of nitrogens with zero attached hydrogens (tertiary/aromatic N) is 1. The van der Waals surface area contributed by atoms with Gasteiger partial charge in [-0.25, -0.2) is 0 Å². The van der Waals surface area contributed by atoms with Crippen LogP contribution in [0, 0.1) is 0 Å². The number of halogens is 1. The third kappa shape index (κ3) is 2.94. The molecule has 2 rings (SSSR count). The molecule has 0 bridgehead atoms. The van der Waals surface area contributed by atoms with Gasteiger partial charge in [-0.2, -0.15) is 0 Å². The summed E-state index contributed by atoms with van der Waals surface area (Å²) in [5.41, 5.74) is 5.85. The van der Waals surface area contributed by atoms with E-state index in [4.69, 9.17) is 17.3 Å². The Morgan fingerprint density at radius 3 is 2.83 bits per heavy atom. The van der Waals surface area contributed by atoms with Crippen LogP contribution < -0.4 is 5.73 Å². The highest BCUT2D eigenvalue weighted by atomic mass is 35.5. The van der Waals surface area contributed by atoms with Crippen LogP contribution in [0.2, 0.25) is 5.02 Å². The van der Waals surface area contributed by atoms with Crippen LogP contribution in [0.3, 0.4) is 0 Å². The van der Waals surface area contributed by atoms with E-state index < -0.39 is 0 Å². The van der Waals surface area contributed by atoms with Gasteiger partial charge in [0, 0.05) is 12.6 Å². The van der Waals surface area contributed by atoms with Gasteiger partial charge < -0.3 is 15.7 Å². The number of amides is 1. The Bertz CT molecular complexity index is 447. The maximum Gasteiger partial charge on any atom is 0.255 e. The Hall–Kier alpha value is -1.26. The van der Waals surface area contributed by atoms with E-state index in [2.05, 4.69) is 0 Å². The minimum absolute atomic E-state index is 0.0531. The molecule has 3 N–H and O–H groups in total. The monoisotopic (exact) mass is 268 g/mol. The average molecular weight is 269 g/mol. The zero-order chi connectivity index (χ0) is 13.1. The number of rotatable bonds is 5. The Labute approximate surface area is 111 Å². The number of hydrogen-bond acceptors (Lipinski definition) is 3. The minimum atomic E-state index is -0.119. The van der Waals surface area contributed by atoms with Crippen molar-refractivity contribution in [3.63, 3.8) is 0 Å². The molecule has 1 saturated carbocycles. The van der Waals surface area contributed by atoms with Crippen LogP contribution in [0.15, 0.2) is 18.2 Å². The van der Waals surface area contributed by atoms with Crippen LogP contribution in [0.5, 0.6) is 5.75 Å². The Morgan fingerprint density at radius 2 is 2.22 bits per heavy atom. The Balaban J connectivity index is 2.19. The van der Waals surface area contributed by atoms with Crippen molar-refractivity contribution in [3.8, 4) is 5.75 Å². The first-order chi connectivity index (χ1) is 8.63. The van der Waals surface area contributed by atoms with Crippen LogP contribution in [0.25, 0.3) is 0 Å². The molecule has 18 heavy (non-hydrogen) atoms. The SMILES string of the molecule is NCCCN(C(=O)c1cc(O)ccc1Cl)C1CC1. The van der Waals surface area contributed by atoms with Crippen molar-refractivity contribution in [2.45, 2.75) is 25.3 Å². The number of phenols is 1. The normalized spacial score (nSPS) is 14.6. The molecule has 0 unspecified atom stereocenters. The molecule has 1 aliphatic carbocycles. The van der Waals surface area contributed by atoms with Gasteiger partial charge in [0.05, 0.1) is 10.6 Å². The zero-order valence-electron chi connectivity index (χ0n) is 10.1. The van der Waals surface area contributed by atoms with Gasteiger partial charge in [-0.1, -0.05) is 11.6 Å². The van der Waals surface area contributed by atoms with E-state index in [0.29, 0.717) is 29.7 Å². The summed E-state index contributed by atoms with van der Waals surface area (Å²) in [4.78, 5) is 14.2. The predicted octanol–water partition coefficient (Wildman–Crippen LogP) is 2.00. The molecule has 0 spiro atoms. The molecule has 0 radical (unpaired) electrons. The van der Waals surface area contributed by atoms with Gasteiger partial charge in [0.2, 0.25) is 0 Å². The number of carbonyl (C=O) groups is 1. The molecule has 0 aliphatic heterocycles. The molecular formula is C13H17ClN2O2. The molecule has 1 amide bonds. The molecule has 0 aromatic heterocycles. The highest BCUT2D eigenvalue weighted by Crippen LogP contribution is 2.30. The van der Waals surface area contributed by atoms with E-state index in [0.717, 1.165) is 19.3 Å². The summed E-state index contributed by atoms with van der Waals surface area (Å²) in [7, 11) is 0. The molecule has 1 fully saturated rings. The van der Waals surface area contributed by atoms with Crippen molar-refractivity contribution in [2.24, 2.45) is 5.73 Å². The molecule has 0 saturated heterocycles. The van der Waals surface area contributed by atoms with Gasteiger partial charge in [0.15, 0.2) is 0 Å². The summed E-state index contributed by atoms with van der Waals surface area (Å²) in [6, 6.07) is 4.74. The van der Waals surface area contributed by atoms with E-state index in [9.17, 15) is 9.90 Å². The van der Waals surface area contributed by atoms with Crippen molar-refractivity contribution in [1.29, 1.82) is 0 Å². The van der Waals surface area contributed by atoms with Gasteiger partial charge in [-0.15, -0.1) is 0 Å². The van der Waals surface area contributed by atoms with E-state index >= 15 is 0 Å². The molecule has 1 aromatic rings. The second-order valence-electron chi connectivity index (χ2n) is 4.54. The van der Waals surface area contributed by atoms with Crippen LogP contribution in [-0.4, -0.2) is 35.0 Å². The number of benzene rings is 1. The van der Waals surface area contributed by atoms with Crippen LogP contribution in [0.1, 0.15) is 29.6 Å². The van der Waals surface area contributed by atoms with E-state index in [1.54, 1.807) is 0 Å². The fraction of sp³-hybridized carbons (Fsp3) is 0.462. The van der Waals surface area contributed by atoms with Crippen molar-refractivity contribution in [3.05, 3.63) is 28.8 Å². The predicted molar refractivity (Wildman–Crippen MR) is 70.8 cm³/mol. The number of aromatic hydroxyl groups is 1. The van der Waals surface area contributed by atoms with Crippen molar-refractivity contribution in [2.75, 3.05) is 13.1 Å². The van der Waals surface area contributed by atoms with Crippen LogP contribution in [-0.2, 0) is 0 Å². The standard InChI is InChI=1S/C13H17ClN2O2/c14-12-5-4-10(17)8-11(12)13(18)16(7-1-6-15)9-2-3-9/h4-5,8-9,17H,1-3,6-7,15H2. The largest absolute Gasteiger partial charge is 0.508 e.